The van der Waals surface area contributed by atoms with Crippen LogP contribution in [0.4, 0.5) is 5.69 Å². The number of aromatic nitrogens is 2. The summed E-state index contributed by atoms with van der Waals surface area (Å²) in [7, 11) is 1.38. The summed E-state index contributed by atoms with van der Waals surface area (Å²) in [6, 6.07) is 15.2. The molecular weight excluding hydrogens is 312 g/mol. The van der Waals surface area contributed by atoms with Crippen LogP contribution in [-0.2, 0) is 17.3 Å². The maximum absolute atomic E-state index is 11.9. The molecule has 0 unspecified atom stereocenters. The Balaban J connectivity index is 2.05. The Morgan fingerprint density at radius 2 is 1.78 bits per heavy atom. The van der Waals surface area contributed by atoms with E-state index in [0.717, 1.165) is 26.7 Å². The van der Waals surface area contributed by atoms with Gasteiger partial charge in [0.15, 0.2) is 0 Å². The number of rotatable bonds is 4. The van der Waals surface area contributed by atoms with Crippen LogP contribution in [0.1, 0.15) is 0 Å². The number of hydrogen-bond donors (Lipinski definition) is 1. The van der Waals surface area contributed by atoms with Gasteiger partial charge in [0, 0.05) is 26.7 Å². The summed E-state index contributed by atoms with van der Waals surface area (Å²) in [4.78, 5) is 4.63. The summed E-state index contributed by atoms with van der Waals surface area (Å²) < 4.78 is 29.5. The Kier molecular flexibility index (Phi) is 3.83. The maximum atomic E-state index is 11.9. The van der Waals surface area contributed by atoms with E-state index in [-0.39, 0.29) is 0 Å². The van der Waals surface area contributed by atoms with Crippen molar-refractivity contribution in [3.63, 3.8) is 0 Å². The van der Waals surface area contributed by atoms with Crippen LogP contribution >= 0.6 is 0 Å². The first-order chi connectivity index (χ1) is 10.9. The molecule has 3 rings (SSSR count). The van der Waals surface area contributed by atoms with Crippen molar-refractivity contribution in [1.29, 1.82) is 0 Å². The largest absolute Gasteiger partial charge is 0.327 e. The quantitative estimate of drug-likeness (QED) is 0.799. The van der Waals surface area contributed by atoms with E-state index in [1.807, 2.05) is 48.0 Å². The van der Waals surface area contributed by atoms with Crippen molar-refractivity contribution in [3.05, 3.63) is 48.5 Å². The minimum atomic E-state index is -3.53. The number of anilines is 1. The summed E-state index contributed by atoms with van der Waals surface area (Å²) in [6.45, 7) is 0. The predicted molar refractivity (Wildman–Crippen MR) is 92.4 cm³/mol. The molecule has 0 fully saturated rings. The molecule has 1 aromatic heterocycles. The molecule has 0 atom stereocenters. The van der Waals surface area contributed by atoms with Crippen molar-refractivity contribution in [2.75, 3.05) is 18.8 Å². The molecule has 1 heterocycles. The summed E-state index contributed by atoms with van der Waals surface area (Å²) in [6.07, 6.45) is 0. The van der Waals surface area contributed by atoms with Crippen LogP contribution in [0.5, 0.6) is 0 Å². The molecule has 7 heteroatoms. The molecule has 0 bridgehead atoms. The van der Waals surface area contributed by atoms with Crippen LogP contribution in [-0.4, -0.2) is 36.4 Å². The van der Waals surface area contributed by atoms with Crippen LogP contribution in [0.25, 0.3) is 22.4 Å². The molecular formula is C16H18N4O2S. The lowest BCUT2D eigenvalue weighted by molar-refractivity contribution is 0.527. The minimum absolute atomic E-state index is 0.490. The molecule has 1 N–H and O–H groups in total. The van der Waals surface area contributed by atoms with Crippen LogP contribution in [0.2, 0.25) is 0 Å². The SMILES string of the molecule is CN(C)S(=O)(=O)Nc1ccc2c(c1)nc(-c1ccccc1)n2C. The van der Waals surface area contributed by atoms with Gasteiger partial charge in [0.05, 0.1) is 16.7 Å². The third kappa shape index (κ3) is 2.93. The van der Waals surface area contributed by atoms with Gasteiger partial charge in [-0.2, -0.15) is 12.7 Å². The van der Waals surface area contributed by atoms with Gasteiger partial charge in [-0.05, 0) is 18.2 Å². The number of nitrogens with zero attached hydrogens (tertiary/aromatic N) is 3. The number of imidazole rings is 1. The maximum Gasteiger partial charge on any atom is 0.301 e. The van der Waals surface area contributed by atoms with Crippen molar-refractivity contribution in [3.8, 4) is 11.4 Å². The molecule has 23 heavy (non-hydrogen) atoms. The highest BCUT2D eigenvalue weighted by Crippen LogP contribution is 2.26. The number of hydrogen-bond acceptors (Lipinski definition) is 3. The molecule has 0 saturated heterocycles. The second kappa shape index (κ2) is 5.68. The number of fused-ring (bicyclic) bond motifs is 1. The standard InChI is InChI=1S/C16H18N4O2S/c1-19(2)23(21,22)18-13-9-10-15-14(11-13)17-16(20(15)3)12-7-5-4-6-8-12/h4-11,18H,1-3H3. The van der Waals surface area contributed by atoms with Gasteiger partial charge in [0.2, 0.25) is 0 Å². The first-order valence-electron chi connectivity index (χ1n) is 7.10. The van der Waals surface area contributed by atoms with Gasteiger partial charge in [-0.3, -0.25) is 4.72 Å². The van der Waals surface area contributed by atoms with E-state index in [2.05, 4.69) is 9.71 Å². The topological polar surface area (TPSA) is 67.2 Å². The monoisotopic (exact) mass is 330 g/mol. The second-order valence-corrected chi connectivity index (χ2v) is 7.34. The minimum Gasteiger partial charge on any atom is -0.327 e. The van der Waals surface area contributed by atoms with E-state index in [0.29, 0.717) is 5.69 Å². The van der Waals surface area contributed by atoms with Crippen LogP contribution < -0.4 is 4.72 Å². The zero-order chi connectivity index (χ0) is 16.6. The summed E-state index contributed by atoms with van der Waals surface area (Å²) in [5.74, 6) is 0.841. The van der Waals surface area contributed by atoms with Crippen molar-refractivity contribution in [1.82, 2.24) is 13.9 Å². The lowest BCUT2D eigenvalue weighted by Gasteiger charge is -2.13. The summed E-state index contributed by atoms with van der Waals surface area (Å²) in [5, 5.41) is 0. The van der Waals surface area contributed by atoms with Gasteiger partial charge < -0.3 is 4.57 Å². The van der Waals surface area contributed by atoms with Gasteiger partial charge >= 0.3 is 10.2 Å². The fraction of sp³-hybridized carbons (Fsp3) is 0.188. The van der Waals surface area contributed by atoms with Crippen LogP contribution in [0, 0.1) is 0 Å². The molecule has 6 nitrogen and oxygen atoms in total. The Labute approximate surface area is 135 Å². The van der Waals surface area contributed by atoms with Crippen molar-refractivity contribution in [2.24, 2.45) is 7.05 Å². The molecule has 120 valence electrons. The normalized spacial score (nSPS) is 12.0. The third-order valence-corrected chi connectivity index (χ3v) is 5.10. The average molecular weight is 330 g/mol. The highest BCUT2D eigenvalue weighted by molar-refractivity contribution is 7.90. The van der Waals surface area contributed by atoms with Crippen molar-refractivity contribution >= 4 is 26.9 Å². The lowest BCUT2D eigenvalue weighted by atomic mass is 10.2. The van der Waals surface area contributed by atoms with E-state index in [1.54, 1.807) is 12.1 Å². The van der Waals surface area contributed by atoms with Gasteiger partial charge in [0.1, 0.15) is 5.82 Å². The Bertz CT molecular complexity index is 947. The van der Waals surface area contributed by atoms with E-state index < -0.39 is 10.2 Å². The highest BCUT2D eigenvalue weighted by atomic mass is 32.2. The first-order valence-corrected chi connectivity index (χ1v) is 8.54. The van der Waals surface area contributed by atoms with Crippen molar-refractivity contribution in [2.45, 2.75) is 0 Å². The van der Waals surface area contributed by atoms with Gasteiger partial charge in [0.25, 0.3) is 0 Å². The zero-order valence-electron chi connectivity index (χ0n) is 13.2. The van der Waals surface area contributed by atoms with Gasteiger partial charge in [-0.25, -0.2) is 4.98 Å². The summed E-state index contributed by atoms with van der Waals surface area (Å²) >= 11 is 0. The molecule has 0 spiro atoms. The van der Waals surface area contributed by atoms with Gasteiger partial charge in [-0.15, -0.1) is 0 Å². The molecule has 0 aliphatic carbocycles. The fourth-order valence-corrected chi connectivity index (χ4v) is 2.96. The third-order valence-electron chi connectivity index (χ3n) is 3.64. The predicted octanol–water partition coefficient (Wildman–Crippen LogP) is 2.46. The lowest BCUT2D eigenvalue weighted by Crippen LogP contribution is -2.28. The molecule has 0 amide bonds. The van der Waals surface area contributed by atoms with E-state index in [4.69, 9.17) is 0 Å². The zero-order valence-corrected chi connectivity index (χ0v) is 14.0. The Morgan fingerprint density at radius 3 is 2.43 bits per heavy atom. The average Bonchev–Trinajstić information content (AvgIpc) is 2.84. The molecule has 3 aromatic rings. The van der Waals surface area contributed by atoms with E-state index in [9.17, 15) is 8.42 Å². The molecule has 0 radical (unpaired) electrons. The number of benzene rings is 2. The second-order valence-electron chi connectivity index (χ2n) is 5.45. The van der Waals surface area contributed by atoms with E-state index in [1.165, 1.54) is 14.1 Å². The van der Waals surface area contributed by atoms with Crippen LogP contribution in [0.3, 0.4) is 0 Å². The highest BCUT2D eigenvalue weighted by Gasteiger charge is 2.15. The number of aryl methyl sites for hydroxylation is 1. The smallest absolute Gasteiger partial charge is 0.301 e. The fourth-order valence-electron chi connectivity index (χ4n) is 2.35. The Hall–Kier alpha value is -2.38. The Morgan fingerprint density at radius 1 is 1.09 bits per heavy atom. The molecule has 0 aliphatic rings. The van der Waals surface area contributed by atoms with E-state index >= 15 is 0 Å². The summed E-state index contributed by atoms with van der Waals surface area (Å²) in [5.41, 5.74) is 3.19. The van der Waals surface area contributed by atoms with Crippen molar-refractivity contribution < 1.29 is 8.42 Å². The van der Waals surface area contributed by atoms with Gasteiger partial charge in [-0.1, -0.05) is 30.3 Å². The van der Waals surface area contributed by atoms with Crippen LogP contribution in [0.15, 0.2) is 48.5 Å². The molecule has 0 aliphatic heterocycles. The first kappa shape index (κ1) is 15.5. The molecule has 0 saturated carbocycles. The number of nitrogens with one attached hydrogen (secondary N) is 1. The molecule has 2 aromatic carbocycles.